The fourth-order valence-electron chi connectivity index (χ4n) is 6.81. The monoisotopic (exact) mass is 532 g/mol. The lowest BCUT2D eigenvalue weighted by Gasteiger charge is -2.39. The van der Waals surface area contributed by atoms with Crippen molar-refractivity contribution < 1.29 is 33.3 Å². The van der Waals surface area contributed by atoms with E-state index in [0.29, 0.717) is 23.3 Å². The summed E-state index contributed by atoms with van der Waals surface area (Å²) in [6, 6.07) is 5.50. The van der Waals surface area contributed by atoms with Gasteiger partial charge in [0, 0.05) is 18.5 Å². The summed E-state index contributed by atoms with van der Waals surface area (Å²) < 4.78 is 29.4. The maximum atomic E-state index is 12.6. The number of carbonyl (C=O) groups is 2. The highest BCUT2D eigenvalue weighted by molar-refractivity contribution is 5.82. The topological polar surface area (TPSA) is 104 Å². The number of benzene rings is 1. The molecular weight excluding hydrogens is 488 g/mol. The minimum absolute atomic E-state index is 0.130. The molecule has 2 aliphatic carbocycles. The van der Waals surface area contributed by atoms with Gasteiger partial charge in [0.2, 0.25) is 5.91 Å². The average molecular weight is 533 g/mol. The molecule has 38 heavy (non-hydrogen) atoms. The first-order chi connectivity index (χ1) is 17.8. The highest BCUT2D eigenvalue weighted by Gasteiger charge is 2.69. The third-order valence-corrected chi connectivity index (χ3v) is 9.05. The summed E-state index contributed by atoms with van der Waals surface area (Å²) in [5, 5.41) is 5.37. The normalized spacial score (nSPS) is 29.9. The summed E-state index contributed by atoms with van der Waals surface area (Å²) in [5.74, 6) is 2.01. The molecule has 1 aromatic rings. The van der Waals surface area contributed by atoms with Gasteiger partial charge in [-0.3, -0.25) is 4.79 Å². The standard InChI is InChI=1S/C29H44N2O7/c1-27(2,3)38-26(33)31-16-23(32)30-15-22(19-13-17(34-7)9-10-21(19)35-8)36-24-14-18-20-11-12-29(6,25(18)37-24)28(20,4)5/h9-10,13,18,20,22,24-25H,11-12,14-16H2,1-8H3,(H,30,32)(H,31,33)/t18-,20-,22-,24-,25-,29+/m1/s1. The Labute approximate surface area is 226 Å². The number of amides is 2. The minimum atomic E-state index is -0.646. The van der Waals surface area contributed by atoms with Crippen LogP contribution >= 0.6 is 0 Å². The SMILES string of the molecule is COc1ccc(OC)c([C@@H](CNC(=O)CNC(=O)OC(C)(C)C)O[C@H]2C[C@@H]3[C@H]4CC[C@@](C)([C@@H]3O2)C4(C)C)c1. The summed E-state index contributed by atoms with van der Waals surface area (Å²) in [6.07, 6.45) is 1.81. The zero-order chi connectivity index (χ0) is 27.9. The molecule has 2 bridgehead atoms. The summed E-state index contributed by atoms with van der Waals surface area (Å²) in [5.41, 5.74) is 0.485. The summed E-state index contributed by atoms with van der Waals surface area (Å²) in [7, 11) is 3.20. The number of ether oxygens (including phenoxy) is 5. The maximum absolute atomic E-state index is 12.6. The van der Waals surface area contributed by atoms with Gasteiger partial charge in [-0.25, -0.2) is 4.79 Å². The molecule has 2 N–H and O–H groups in total. The van der Waals surface area contributed by atoms with Crippen molar-refractivity contribution in [3.8, 4) is 11.5 Å². The van der Waals surface area contributed by atoms with E-state index in [2.05, 4.69) is 31.4 Å². The van der Waals surface area contributed by atoms with Crippen molar-refractivity contribution in [1.29, 1.82) is 0 Å². The molecular formula is C29H44N2O7. The quantitative estimate of drug-likeness (QED) is 0.479. The zero-order valence-electron chi connectivity index (χ0n) is 24.0. The van der Waals surface area contributed by atoms with Crippen molar-refractivity contribution >= 4 is 12.0 Å². The van der Waals surface area contributed by atoms with Crippen LogP contribution in [0.1, 0.15) is 72.5 Å². The Morgan fingerprint density at radius 2 is 1.87 bits per heavy atom. The van der Waals surface area contributed by atoms with Gasteiger partial charge in [-0.1, -0.05) is 20.8 Å². The highest BCUT2D eigenvalue weighted by Crippen LogP contribution is 2.71. The van der Waals surface area contributed by atoms with Gasteiger partial charge in [-0.2, -0.15) is 0 Å². The molecule has 0 unspecified atom stereocenters. The molecule has 212 valence electrons. The lowest BCUT2D eigenvalue weighted by molar-refractivity contribution is -0.187. The molecule has 3 aliphatic rings. The second-order valence-electron chi connectivity index (χ2n) is 12.6. The highest BCUT2D eigenvalue weighted by atomic mass is 16.7. The first-order valence-corrected chi connectivity index (χ1v) is 13.6. The molecule has 9 nitrogen and oxygen atoms in total. The van der Waals surface area contributed by atoms with Crippen LogP contribution in [-0.4, -0.2) is 57.3 Å². The van der Waals surface area contributed by atoms with E-state index in [1.165, 1.54) is 12.8 Å². The number of nitrogens with one attached hydrogen (secondary N) is 2. The Morgan fingerprint density at radius 3 is 2.50 bits per heavy atom. The molecule has 9 heteroatoms. The van der Waals surface area contributed by atoms with Crippen LogP contribution in [0.4, 0.5) is 4.79 Å². The third kappa shape index (κ3) is 5.45. The van der Waals surface area contributed by atoms with Gasteiger partial charge in [0.05, 0.1) is 26.9 Å². The molecule has 3 fully saturated rings. The molecule has 0 spiro atoms. The first kappa shape index (κ1) is 28.5. The average Bonchev–Trinajstić information content (AvgIpc) is 3.42. The lowest BCUT2D eigenvalue weighted by Crippen LogP contribution is -2.41. The largest absolute Gasteiger partial charge is 0.497 e. The molecule has 2 saturated carbocycles. The first-order valence-electron chi connectivity index (χ1n) is 13.6. The Morgan fingerprint density at radius 1 is 1.13 bits per heavy atom. The van der Waals surface area contributed by atoms with Gasteiger partial charge in [-0.15, -0.1) is 0 Å². The number of hydrogen-bond acceptors (Lipinski definition) is 7. The molecule has 1 heterocycles. The zero-order valence-corrected chi connectivity index (χ0v) is 24.0. The second kappa shape index (κ2) is 10.6. The van der Waals surface area contributed by atoms with E-state index in [1.54, 1.807) is 35.0 Å². The van der Waals surface area contributed by atoms with E-state index in [1.807, 2.05) is 18.2 Å². The molecule has 1 aliphatic heterocycles. The van der Waals surface area contributed by atoms with Gasteiger partial charge < -0.3 is 34.3 Å². The van der Waals surface area contributed by atoms with Crippen LogP contribution in [0, 0.1) is 22.7 Å². The summed E-state index contributed by atoms with van der Waals surface area (Å²) in [4.78, 5) is 24.6. The van der Waals surface area contributed by atoms with Gasteiger partial charge in [-0.05, 0) is 74.5 Å². The summed E-state index contributed by atoms with van der Waals surface area (Å²) in [6.45, 7) is 12.4. The Hall–Kier alpha value is -2.52. The number of fused-ring (bicyclic) bond motifs is 5. The van der Waals surface area contributed by atoms with E-state index < -0.39 is 24.1 Å². The van der Waals surface area contributed by atoms with Crippen LogP contribution in [0.3, 0.4) is 0 Å². The fraction of sp³-hybridized carbons (Fsp3) is 0.724. The van der Waals surface area contributed by atoms with Gasteiger partial charge in [0.15, 0.2) is 6.29 Å². The van der Waals surface area contributed by atoms with Crippen LogP contribution < -0.4 is 20.1 Å². The lowest BCUT2D eigenvalue weighted by atomic mass is 9.70. The van der Waals surface area contributed by atoms with Crippen LogP contribution in [0.2, 0.25) is 0 Å². The number of hydrogen-bond donors (Lipinski definition) is 2. The predicted octanol–water partition coefficient (Wildman–Crippen LogP) is 4.59. The number of rotatable bonds is 9. The van der Waals surface area contributed by atoms with Crippen molar-refractivity contribution in [1.82, 2.24) is 10.6 Å². The van der Waals surface area contributed by atoms with E-state index in [9.17, 15) is 9.59 Å². The van der Waals surface area contributed by atoms with Crippen molar-refractivity contribution in [2.24, 2.45) is 22.7 Å². The Balaban J connectivity index is 1.46. The molecule has 0 aromatic heterocycles. The van der Waals surface area contributed by atoms with Crippen LogP contribution in [0.25, 0.3) is 0 Å². The maximum Gasteiger partial charge on any atom is 0.408 e. The van der Waals surface area contributed by atoms with Crippen molar-refractivity contribution in [3.05, 3.63) is 23.8 Å². The van der Waals surface area contributed by atoms with E-state index in [-0.39, 0.29) is 35.9 Å². The number of alkyl carbamates (subject to hydrolysis) is 1. The van der Waals surface area contributed by atoms with Crippen LogP contribution in [-0.2, 0) is 19.0 Å². The molecule has 0 radical (unpaired) electrons. The molecule has 4 rings (SSSR count). The van der Waals surface area contributed by atoms with E-state index >= 15 is 0 Å². The van der Waals surface area contributed by atoms with Crippen molar-refractivity contribution in [3.63, 3.8) is 0 Å². The predicted molar refractivity (Wildman–Crippen MR) is 142 cm³/mol. The summed E-state index contributed by atoms with van der Waals surface area (Å²) >= 11 is 0. The minimum Gasteiger partial charge on any atom is -0.497 e. The van der Waals surface area contributed by atoms with E-state index in [0.717, 1.165) is 12.0 Å². The van der Waals surface area contributed by atoms with Crippen LogP contribution in [0.15, 0.2) is 18.2 Å². The number of carbonyl (C=O) groups excluding carboxylic acids is 2. The second-order valence-corrected chi connectivity index (χ2v) is 12.6. The molecule has 6 atom stereocenters. The molecule has 1 saturated heterocycles. The van der Waals surface area contributed by atoms with Crippen molar-refractivity contribution in [2.45, 2.75) is 84.9 Å². The Kier molecular flexibility index (Phi) is 7.92. The van der Waals surface area contributed by atoms with Gasteiger partial charge >= 0.3 is 6.09 Å². The Bertz CT molecular complexity index is 1040. The van der Waals surface area contributed by atoms with Crippen LogP contribution in [0.5, 0.6) is 11.5 Å². The third-order valence-electron chi connectivity index (χ3n) is 9.05. The molecule has 1 aromatic carbocycles. The fourth-order valence-corrected chi connectivity index (χ4v) is 6.81. The van der Waals surface area contributed by atoms with Gasteiger partial charge in [0.1, 0.15) is 23.2 Å². The smallest absolute Gasteiger partial charge is 0.408 e. The van der Waals surface area contributed by atoms with Crippen molar-refractivity contribution in [2.75, 3.05) is 27.3 Å². The van der Waals surface area contributed by atoms with E-state index in [4.69, 9.17) is 23.7 Å². The molecule has 2 amide bonds. The number of methoxy groups -OCH3 is 2. The van der Waals surface area contributed by atoms with Gasteiger partial charge in [0.25, 0.3) is 0 Å².